The summed E-state index contributed by atoms with van der Waals surface area (Å²) in [5, 5.41) is 22.6. The van der Waals surface area contributed by atoms with Crippen molar-refractivity contribution in [1.29, 1.82) is 0 Å². The van der Waals surface area contributed by atoms with E-state index in [0.717, 1.165) is 73.8 Å². The largest absolute Gasteiger partial charge is 0.491 e. The lowest BCUT2D eigenvalue weighted by molar-refractivity contribution is 0.0650. The van der Waals surface area contributed by atoms with Gasteiger partial charge in [0.25, 0.3) is 0 Å². The van der Waals surface area contributed by atoms with E-state index in [1.54, 1.807) is 0 Å². The number of aliphatic hydroxyl groups excluding tert-OH is 2. The molecule has 0 spiro atoms. The van der Waals surface area contributed by atoms with Gasteiger partial charge in [-0.15, -0.1) is 0 Å². The molecule has 226 valence electrons. The lowest BCUT2D eigenvalue weighted by Gasteiger charge is -2.37. The number of benzene rings is 3. The quantitative estimate of drug-likeness (QED) is 0.316. The number of piperazine rings is 2. The number of hydrogen-bond donors (Lipinski definition) is 2. The molecule has 0 amide bonds. The average molecular weight is 616 g/mol. The van der Waals surface area contributed by atoms with Crippen LogP contribution in [0.3, 0.4) is 0 Å². The van der Waals surface area contributed by atoms with Crippen LogP contribution in [0, 0.1) is 0 Å². The zero-order valence-electron chi connectivity index (χ0n) is 23.8. The van der Waals surface area contributed by atoms with E-state index in [1.165, 1.54) is 0 Å². The second-order valence-electron chi connectivity index (χ2n) is 10.9. The number of halogens is 2. The normalized spacial score (nSPS) is 18.1. The first-order valence-corrected chi connectivity index (χ1v) is 15.3. The molecule has 2 aliphatic heterocycles. The van der Waals surface area contributed by atoms with E-state index >= 15 is 0 Å². The Morgan fingerprint density at radius 3 is 1.31 bits per heavy atom. The molecule has 42 heavy (non-hydrogen) atoms. The van der Waals surface area contributed by atoms with Crippen molar-refractivity contribution in [3.8, 4) is 11.5 Å². The van der Waals surface area contributed by atoms with E-state index in [1.807, 2.05) is 60.7 Å². The maximum Gasteiger partial charge on any atom is 0.119 e. The molecular weight excluding hydrogens is 575 g/mol. The van der Waals surface area contributed by atoms with Crippen LogP contribution < -0.4 is 19.3 Å². The fourth-order valence-corrected chi connectivity index (χ4v) is 5.81. The highest BCUT2D eigenvalue weighted by Crippen LogP contribution is 2.23. The average Bonchev–Trinajstić information content (AvgIpc) is 3.00. The van der Waals surface area contributed by atoms with E-state index in [2.05, 4.69) is 31.7 Å². The van der Waals surface area contributed by atoms with E-state index in [-0.39, 0.29) is 13.2 Å². The second-order valence-corrected chi connectivity index (χ2v) is 11.8. The van der Waals surface area contributed by atoms with Gasteiger partial charge in [-0.3, -0.25) is 9.80 Å². The van der Waals surface area contributed by atoms with Gasteiger partial charge in [0.15, 0.2) is 0 Å². The molecule has 0 aromatic heterocycles. The van der Waals surface area contributed by atoms with Crippen molar-refractivity contribution in [3.05, 3.63) is 82.8 Å². The number of rotatable bonds is 12. The highest BCUT2D eigenvalue weighted by Gasteiger charge is 2.21. The third-order valence-corrected chi connectivity index (χ3v) is 8.21. The summed E-state index contributed by atoms with van der Waals surface area (Å²) < 4.78 is 11.6. The van der Waals surface area contributed by atoms with Gasteiger partial charge in [-0.1, -0.05) is 35.3 Å². The van der Waals surface area contributed by atoms with Gasteiger partial charge in [-0.25, -0.2) is 0 Å². The fourth-order valence-electron chi connectivity index (χ4n) is 5.44. The van der Waals surface area contributed by atoms with Crippen LogP contribution >= 0.6 is 23.2 Å². The number of nitrogens with zero attached hydrogens (tertiary/aromatic N) is 4. The molecule has 0 unspecified atom stereocenters. The molecule has 2 heterocycles. The van der Waals surface area contributed by atoms with Crippen molar-refractivity contribution < 1.29 is 19.7 Å². The van der Waals surface area contributed by atoms with E-state index in [4.69, 9.17) is 32.7 Å². The first-order chi connectivity index (χ1) is 20.4. The first-order valence-electron chi connectivity index (χ1n) is 14.6. The molecule has 3 aromatic rings. The van der Waals surface area contributed by atoms with Gasteiger partial charge in [0.1, 0.15) is 36.9 Å². The number of anilines is 2. The van der Waals surface area contributed by atoms with E-state index in [0.29, 0.717) is 24.6 Å². The summed E-state index contributed by atoms with van der Waals surface area (Å²) in [5.74, 6) is 1.34. The molecule has 2 saturated heterocycles. The van der Waals surface area contributed by atoms with Crippen LogP contribution in [0.4, 0.5) is 11.4 Å². The Labute approximate surface area is 258 Å². The molecule has 2 aliphatic rings. The Morgan fingerprint density at radius 1 is 0.571 bits per heavy atom. The Balaban J connectivity index is 0.956. The summed E-state index contributed by atoms with van der Waals surface area (Å²) in [4.78, 5) is 9.16. The fraction of sp³-hybridized carbons (Fsp3) is 0.438. The molecule has 0 aliphatic carbocycles. The van der Waals surface area contributed by atoms with Gasteiger partial charge >= 0.3 is 0 Å². The van der Waals surface area contributed by atoms with Crippen LogP contribution in [0.15, 0.2) is 72.8 Å². The van der Waals surface area contributed by atoms with Crippen LogP contribution in [0.5, 0.6) is 11.5 Å². The Bertz CT molecular complexity index is 1150. The van der Waals surface area contributed by atoms with Gasteiger partial charge in [0.05, 0.1) is 0 Å². The Hall–Kier alpha value is -2.72. The van der Waals surface area contributed by atoms with Crippen molar-refractivity contribution in [3.63, 3.8) is 0 Å². The van der Waals surface area contributed by atoms with Crippen LogP contribution in [0.25, 0.3) is 0 Å². The topological polar surface area (TPSA) is 71.9 Å². The SMILES string of the molecule is O[C@H](COc1ccc(OC[C@H](O)CN2CCN(c3cccc(Cl)c3)CC2)cc1)CN1CCN(c2cccc(Cl)c2)CC1. The van der Waals surface area contributed by atoms with Crippen LogP contribution in [-0.2, 0) is 0 Å². The predicted octanol–water partition coefficient (Wildman–Crippen LogP) is 4.12. The molecule has 0 radical (unpaired) electrons. The van der Waals surface area contributed by atoms with Crippen molar-refractivity contribution >= 4 is 34.6 Å². The molecule has 0 bridgehead atoms. The first kappa shape index (κ1) is 30.7. The Morgan fingerprint density at radius 2 is 0.952 bits per heavy atom. The summed E-state index contributed by atoms with van der Waals surface area (Å²) in [6, 6.07) is 23.2. The maximum absolute atomic E-state index is 10.5. The lowest BCUT2D eigenvalue weighted by atomic mass is 10.2. The highest BCUT2D eigenvalue weighted by molar-refractivity contribution is 6.31. The molecular formula is C32H40Cl2N4O4. The number of hydrogen-bond acceptors (Lipinski definition) is 8. The molecule has 0 saturated carbocycles. The summed E-state index contributed by atoms with van der Waals surface area (Å²) in [7, 11) is 0. The minimum absolute atomic E-state index is 0.220. The molecule has 5 rings (SSSR count). The second kappa shape index (κ2) is 15.1. The van der Waals surface area contributed by atoms with Crippen molar-refractivity contribution in [2.24, 2.45) is 0 Å². The monoisotopic (exact) mass is 614 g/mol. The van der Waals surface area contributed by atoms with Crippen molar-refractivity contribution in [1.82, 2.24) is 9.80 Å². The zero-order chi connectivity index (χ0) is 29.3. The van der Waals surface area contributed by atoms with E-state index < -0.39 is 12.2 Å². The van der Waals surface area contributed by atoms with Crippen LogP contribution in [0.1, 0.15) is 0 Å². The molecule has 2 N–H and O–H groups in total. The van der Waals surface area contributed by atoms with E-state index in [9.17, 15) is 10.2 Å². The van der Waals surface area contributed by atoms with Gasteiger partial charge in [0, 0.05) is 86.9 Å². The van der Waals surface area contributed by atoms with Gasteiger partial charge in [-0.05, 0) is 60.7 Å². The summed E-state index contributed by atoms with van der Waals surface area (Å²) in [6.45, 7) is 8.65. The standard InChI is InChI=1S/C32H40Cl2N4O4/c33-25-3-1-5-27(19-25)37-15-11-35(12-16-37)21-29(39)23-41-31-7-9-32(10-8-31)42-24-30(40)22-36-13-17-38(18-14-36)28-6-2-4-26(34)20-28/h1-10,19-20,29-30,39-40H,11-18,21-24H2/t29-,30+. The Kier molecular flexibility index (Phi) is 11.1. The summed E-state index contributed by atoms with van der Waals surface area (Å²) in [5.41, 5.74) is 2.27. The number of β-amino-alcohol motifs (C(OH)–C–C–N with tert-alkyl or cyclic N) is 2. The number of ether oxygens (including phenoxy) is 2. The highest BCUT2D eigenvalue weighted by atomic mass is 35.5. The van der Waals surface area contributed by atoms with Gasteiger partial charge < -0.3 is 29.5 Å². The van der Waals surface area contributed by atoms with Crippen LogP contribution in [-0.4, -0.2) is 111 Å². The molecule has 10 heteroatoms. The summed E-state index contributed by atoms with van der Waals surface area (Å²) >= 11 is 12.3. The van der Waals surface area contributed by atoms with Crippen molar-refractivity contribution in [2.75, 3.05) is 88.5 Å². The minimum atomic E-state index is -0.582. The third-order valence-electron chi connectivity index (χ3n) is 7.74. The molecule has 3 aromatic carbocycles. The third kappa shape index (κ3) is 9.14. The predicted molar refractivity (Wildman–Crippen MR) is 170 cm³/mol. The zero-order valence-corrected chi connectivity index (χ0v) is 25.3. The van der Waals surface area contributed by atoms with Crippen LogP contribution in [0.2, 0.25) is 10.0 Å². The smallest absolute Gasteiger partial charge is 0.119 e. The molecule has 2 atom stereocenters. The van der Waals surface area contributed by atoms with Crippen molar-refractivity contribution in [2.45, 2.75) is 12.2 Å². The van der Waals surface area contributed by atoms with Gasteiger partial charge in [0.2, 0.25) is 0 Å². The number of aliphatic hydroxyl groups is 2. The lowest BCUT2D eigenvalue weighted by Crippen LogP contribution is -2.49. The summed E-state index contributed by atoms with van der Waals surface area (Å²) in [6.07, 6.45) is -1.16. The molecule has 2 fully saturated rings. The maximum atomic E-state index is 10.5. The molecule has 8 nitrogen and oxygen atoms in total. The minimum Gasteiger partial charge on any atom is -0.491 e. The van der Waals surface area contributed by atoms with Gasteiger partial charge in [-0.2, -0.15) is 0 Å².